The number of ether oxygens (including phenoxy) is 1. The van der Waals surface area contributed by atoms with Gasteiger partial charge >= 0.3 is 0 Å². The first-order valence-electron chi connectivity index (χ1n) is 11.5. The number of nitrogens with one attached hydrogen (secondary N) is 1. The monoisotopic (exact) mass is 448 g/mol. The molecule has 1 atom stereocenters. The number of carbonyl (C=O) groups is 2. The molecule has 1 aliphatic carbocycles. The summed E-state index contributed by atoms with van der Waals surface area (Å²) < 4.78 is 19.3. The zero-order chi connectivity index (χ0) is 23.2. The van der Waals surface area contributed by atoms with E-state index in [2.05, 4.69) is 5.32 Å². The van der Waals surface area contributed by atoms with Crippen molar-refractivity contribution in [3.63, 3.8) is 0 Å². The fourth-order valence-corrected chi connectivity index (χ4v) is 4.31. The minimum Gasteiger partial charge on any atom is -0.483 e. The van der Waals surface area contributed by atoms with Crippen molar-refractivity contribution >= 4 is 22.6 Å². The van der Waals surface area contributed by atoms with E-state index >= 15 is 0 Å². The molecule has 3 aromatic rings. The highest BCUT2D eigenvalue weighted by Crippen LogP contribution is 2.25. The van der Waals surface area contributed by atoms with Gasteiger partial charge in [0.25, 0.3) is 5.91 Å². The smallest absolute Gasteiger partial charge is 0.261 e. The topological polar surface area (TPSA) is 58.6 Å². The quantitative estimate of drug-likeness (QED) is 0.537. The lowest BCUT2D eigenvalue weighted by atomic mass is 10.1. The number of fused-ring (bicyclic) bond motifs is 1. The Balaban J connectivity index is 1.50. The third-order valence-electron chi connectivity index (χ3n) is 6.24. The first kappa shape index (κ1) is 22.8. The predicted octanol–water partition coefficient (Wildman–Crippen LogP) is 4.83. The number of nitrogens with zero attached hydrogens (tertiary/aromatic N) is 1. The standard InChI is InChI=1S/C27H29FN2O3/c1-19(27(32)29-23-9-3-4-10-23)30(17-20-13-15-22(28)16-14-20)26(31)18-33-25-12-6-8-21-7-2-5-11-24(21)25/h2,5-8,11-16,19,23H,3-4,9-10,17-18H2,1H3,(H,29,32)/t19-/m0/s1. The van der Waals surface area contributed by atoms with Gasteiger partial charge in [0.2, 0.25) is 5.91 Å². The lowest BCUT2D eigenvalue weighted by molar-refractivity contribution is -0.142. The van der Waals surface area contributed by atoms with Crippen LogP contribution >= 0.6 is 0 Å². The van der Waals surface area contributed by atoms with E-state index in [4.69, 9.17) is 4.74 Å². The Kier molecular flexibility index (Phi) is 7.23. The molecule has 172 valence electrons. The zero-order valence-corrected chi connectivity index (χ0v) is 18.8. The summed E-state index contributed by atoms with van der Waals surface area (Å²) in [6, 6.07) is 19.0. The highest BCUT2D eigenvalue weighted by atomic mass is 19.1. The largest absolute Gasteiger partial charge is 0.483 e. The Hall–Kier alpha value is -3.41. The lowest BCUT2D eigenvalue weighted by Crippen LogP contribution is -2.50. The number of amides is 2. The minimum absolute atomic E-state index is 0.162. The summed E-state index contributed by atoms with van der Waals surface area (Å²) in [5.74, 6) is -0.210. The van der Waals surface area contributed by atoms with Crippen molar-refractivity contribution in [1.82, 2.24) is 10.2 Å². The van der Waals surface area contributed by atoms with E-state index in [0.29, 0.717) is 5.75 Å². The van der Waals surface area contributed by atoms with E-state index in [0.717, 1.165) is 42.0 Å². The molecule has 1 fully saturated rings. The second-order valence-electron chi connectivity index (χ2n) is 8.58. The van der Waals surface area contributed by atoms with Crippen LogP contribution in [0.2, 0.25) is 0 Å². The van der Waals surface area contributed by atoms with Crippen LogP contribution in [-0.2, 0) is 16.1 Å². The molecule has 1 N–H and O–H groups in total. The predicted molar refractivity (Wildman–Crippen MR) is 126 cm³/mol. The average Bonchev–Trinajstić information content (AvgIpc) is 3.34. The van der Waals surface area contributed by atoms with E-state index in [-0.39, 0.29) is 36.8 Å². The van der Waals surface area contributed by atoms with Crippen LogP contribution in [0.4, 0.5) is 4.39 Å². The Morgan fingerprint density at radius 1 is 1.03 bits per heavy atom. The lowest BCUT2D eigenvalue weighted by Gasteiger charge is -2.29. The summed E-state index contributed by atoms with van der Waals surface area (Å²) in [7, 11) is 0. The Morgan fingerprint density at radius 2 is 1.73 bits per heavy atom. The molecular formula is C27H29FN2O3. The van der Waals surface area contributed by atoms with Crippen LogP contribution < -0.4 is 10.1 Å². The second kappa shape index (κ2) is 10.5. The molecule has 0 bridgehead atoms. The molecular weight excluding hydrogens is 419 g/mol. The molecule has 5 nitrogen and oxygen atoms in total. The molecule has 1 aliphatic rings. The van der Waals surface area contributed by atoms with Crippen molar-refractivity contribution in [1.29, 1.82) is 0 Å². The van der Waals surface area contributed by atoms with Crippen molar-refractivity contribution in [2.75, 3.05) is 6.61 Å². The van der Waals surface area contributed by atoms with E-state index in [1.54, 1.807) is 19.1 Å². The van der Waals surface area contributed by atoms with Gasteiger partial charge in [-0.2, -0.15) is 0 Å². The SMILES string of the molecule is C[C@@H](C(=O)NC1CCCC1)N(Cc1ccc(F)cc1)C(=O)COc1cccc2ccccc12. The molecule has 2 amide bonds. The number of halogens is 1. The van der Waals surface area contributed by atoms with E-state index in [1.165, 1.54) is 17.0 Å². The minimum atomic E-state index is -0.681. The molecule has 3 aromatic carbocycles. The maximum Gasteiger partial charge on any atom is 0.261 e. The first-order chi connectivity index (χ1) is 16.0. The Bertz CT molecular complexity index is 1100. The van der Waals surface area contributed by atoms with Crippen molar-refractivity contribution in [3.05, 3.63) is 78.1 Å². The van der Waals surface area contributed by atoms with Crippen molar-refractivity contribution in [3.8, 4) is 5.75 Å². The summed E-state index contributed by atoms with van der Waals surface area (Å²) in [5, 5.41) is 5.02. The summed E-state index contributed by atoms with van der Waals surface area (Å²) in [6.07, 6.45) is 4.15. The van der Waals surface area contributed by atoms with Gasteiger partial charge in [0.15, 0.2) is 6.61 Å². The van der Waals surface area contributed by atoms with Crippen molar-refractivity contribution in [2.45, 2.75) is 51.2 Å². The number of carbonyl (C=O) groups excluding carboxylic acids is 2. The van der Waals surface area contributed by atoms with Crippen LogP contribution in [0.5, 0.6) is 5.75 Å². The molecule has 33 heavy (non-hydrogen) atoms. The molecule has 0 unspecified atom stereocenters. The van der Waals surface area contributed by atoms with Gasteiger partial charge in [0.1, 0.15) is 17.6 Å². The third-order valence-corrected chi connectivity index (χ3v) is 6.24. The molecule has 6 heteroatoms. The average molecular weight is 449 g/mol. The fourth-order valence-electron chi connectivity index (χ4n) is 4.31. The van der Waals surface area contributed by atoms with Gasteiger partial charge in [-0.05, 0) is 48.9 Å². The summed E-state index contributed by atoms with van der Waals surface area (Å²) >= 11 is 0. The van der Waals surface area contributed by atoms with Gasteiger partial charge in [-0.3, -0.25) is 9.59 Å². The molecule has 0 saturated heterocycles. The second-order valence-corrected chi connectivity index (χ2v) is 8.58. The number of hydrogen-bond acceptors (Lipinski definition) is 3. The molecule has 0 radical (unpaired) electrons. The van der Waals surface area contributed by atoms with Crippen LogP contribution in [0.15, 0.2) is 66.7 Å². The fraction of sp³-hybridized carbons (Fsp3) is 0.333. The number of rotatable bonds is 8. The van der Waals surface area contributed by atoms with Crippen LogP contribution in [0.1, 0.15) is 38.2 Å². The highest BCUT2D eigenvalue weighted by molar-refractivity contribution is 5.90. The van der Waals surface area contributed by atoms with Crippen molar-refractivity contribution < 1.29 is 18.7 Å². The first-order valence-corrected chi connectivity index (χ1v) is 11.5. The van der Waals surface area contributed by atoms with Gasteiger partial charge in [-0.25, -0.2) is 4.39 Å². The number of hydrogen-bond donors (Lipinski definition) is 1. The van der Waals surface area contributed by atoms with Crippen LogP contribution in [0, 0.1) is 5.82 Å². The molecule has 0 aliphatic heterocycles. The van der Waals surface area contributed by atoms with Crippen LogP contribution in [0.25, 0.3) is 10.8 Å². The van der Waals surface area contributed by atoms with E-state index in [1.807, 2.05) is 42.5 Å². The normalized spacial score (nSPS) is 14.7. The van der Waals surface area contributed by atoms with E-state index in [9.17, 15) is 14.0 Å². The maximum atomic E-state index is 13.4. The number of benzene rings is 3. The highest BCUT2D eigenvalue weighted by Gasteiger charge is 2.28. The van der Waals surface area contributed by atoms with Gasteiger partial charge in [0.05, 0.1) is 0 Å². The molecule has 0 heterocycles. The van der Waals surface area contributed by atoms with Gasteiger partial charge < -0.3 is 15.0 Å². The van der Waals surface area contributed by atoms with Crippen molar-refractivity contribution in [2.24, 2.45) is 0 Å². The van der Waals surface area contributed by atoms with Crippen LogP contribution in [-0.4, -0.2) is 35.4 Å². The molecule has 4 rings (SSSR count). The zero-order valence-electron chi connectivity index (χ0n) is 18.8. The Labute approximate surface area is 193 Å². The molecule has 0 aromatic heterocycles. The summed E-state index contributed by atoms with van der Waals surface area (Å²) in [4.78, 5) is 27.7. The van der Waals surface area contributed by atoms with Gasteiger partial charge in [-0.15, -0.1) is 0 Å². The Morgan fingerprint density at radius 3 is 2.48 bits per heavy atom. The maximum absolute atomic E-state index is 13.4. The third kappa shape index (κ3) is 5.69. The molecule has 1 saturated carbocycles. The van der Waals surface area contributed by atoms with Crippen LogP contribution in [0.3, 0.4) is 0 Å². The summed E-state index contributed by atoms with van der Waals surface area (Å²) in [6.45, 7) is 1.72. The van der Waals surface area contributed by atoms with E-state index < -0.39 is 6.04 Å². The molecule has 0 spiro atoms. The van der Waals surface area contributed by atoms with Gasteiger partial charge in [0, 0.05) is 18.0 Å². The van der Waals surface area contributed by atoms with Gasteiger partial charge in [-0.1, -0.05) is 61.4 Å². The summed E-state index contributed by atoms with van der Waals surface area (Å²) in [5.41, 5.74) is 0.746.